The van der Waals surface area contributed by atoms with Gasteiger partial charge in [0, 0.05) is 0 Å². The average molecular weight is 250 g/mol. The molecule has 1 aromatic carbocycles. The fraction of sp³-hybridized carbons (Fsp3) is 0.625. The van der Waals surface area contributed by atoms with E-state index in [1.54, 1.807) is 7.11 Å². The average Bonchev–Trinajstić information content (AvgIpc) is 2.28. The van der Waals surface area contributed by atoms with Crippen LogP contribution in [0.15, 0.2) is 12.1 Å². The SMILES string of the molecule is COc1ccc(CCCCC(C)(C)O)c(C)c1C. The molecule has 0 amide bonds. The van der Waals surface area contributed by atoms with Gasteiger partial charge in [-0.15, -0.1) is 0 Å². The highest BCUT2D eigenvalue weighted by atomic mass is 16.5. The molecule has 0 heterocycles. The molecule has 0 bridgehead atoms. The summed E-state index contributed by atoms with van der Waals surface area (Å²) in [6.45, 7) is 8.00. The summed E-state index contributed by atoms with van der Waals surface area (Å²) in [5.41, 5.74) is 3.42. The van der Waals surface area contributed by atoms with E-state index in [0.717, 1.165) is 31.4 Å². The second-order valence-corrected chi connectivity index (χ2v) is 5.70. The Morgan fingerprint density at radius 1 is 1.11 bits per heavy atom. The summed E-state index contributed by atoms with van der Waals surface area (Å²) in [6, 6.07) is 4.21. The van der Waals surface area contributed by atoms with Crippen LogP contribution in [0.2, 0.25) is 0 Å². The second-order valence-electron chi connectivity index (χ2n) is 5.70. The summed E-state index contributed by atoms with van der Waals surface area (Å²) in [5.74, 6) is 0.966. The summed E-state index contributed by atoms with van der Waals surface area (Å²) in [5, 5.41) is 9.67. The maximum Gasteiger partial charge on any atom is 0.122 e. The lowest BCUT2D eigenvalue weighted by atomic mass is 9.95. The molecular weight excluding hydrogens is 224 g/mol. The van der Waals surface area contributed by atoms with Crippen molar-refractivity contribution < 1.29 is 9.84 Å². The van der Waals surface area contributed by atoms with Crippen LogP contribution >= 0.6 is 0 Å². The molecule has 0 aromatic heterocycles. The van der Waals surface area contributed by atoms with E-state index in [9.17, 15) is 5.11 Å². The number of rotatable bonds is 6. The van der Waals surface area contributed by atoms with E-state index in [1.165, 1.54) is 16.7 Å². The predicted molar refractivity (Wildman–Crippen MR) is 76.3 cm³/mol. The molecule has 1 N–H and O–H groups in total. The van der Waals surface area contributed by atoms with Crippen molar-refractivity contribution in [3.63, 3.8) is 0 Å². The van der Waals surface area contributed by atoms with Gasteiger partial charge in [0.05, 0.1) is 12.7 Å². The lowest BCUT2D eigenvalue weighted by molar-refractivity contribution is 0.0682. The van der Waals surface area contributed by atoms with Crippen molar-refractivity contribution >= 4 is 0 Å². The Labute approximate surface area is 111 Å². The minimum absolute atomic E-state index is 0.537. The van der Waals surface area contributed by atoms with E-state index in [4.69, 9.17) is 4.74 Å². The Balaban J connectivity index is 2.56. The monoisotopic (exact) mass is 250 g/mol. The van der Waals surface area contributed by atoms with Gasteiger partial charge in [-0.05, 0) is 69.7 Å². The first-order valence-corrected chi connectivity index (χ1v) is 6.70. The van der Waals surface area contributed by atoms with E-state index >= 15 is 0 Å². The van der Waals surface area contributed by atoms with Gasteiger partial charge >= 0.3 is 0 Å². The number of aliphatic hydroxyl groups is 1. The highest BCUT2D eigenvalue weighted by Crippen LogP contribution is 2.25. The molecule has 0 spiro atoms. The normalized spacial score (nSPS) is 11.7. The van der Waals surface area contributed by atoms with Crippen molar-refractivity contribution in [1.29, 1.82) is 0 Å². The molecule has 0 saturated carbocycles. The van der Waals surface area contributed by atoms with Gasteiger partial charge in [0.1, 0.15) is 5.75 Å². The topological polar surface area (TPSA) is 29.5 Å². The molecule has 102 valence electrons. The Hall–Kier alpha value is -1.02. The highest BCUT2D eigenvalue weighted by molar-refractivity contribution is 5.43. The van der Waals surface area contributed by atoms with Gasteiger partial charge in [-0.2, -0.15) is 0 Å². The lowest BCUT2D eigenvalue weighted by Crippen LogP contribution is -2.17. The van der Waals surface area contributed by atoms with Crippen LogP contribution in [0.25, 0.3) is 0 Å². The van der Waals surface area contributed by atoms with E-state index < -0.39 is 5.60 Å². The zero-order valence-corrected chi connectivity index (χ0v) is 12.3. The molecule has 0 atom stereocenters. The number of aryl methyl sites for hydroxylation is 1. The second kappa shape index (κ2) is 6.24. The minimum Gasteiger partial charge on any atom is -0.496 e. The molecule has 0 aliphatic rings. The largest absolute Gasteiger partial charge is 0.496 e. The van der Waals surface area contributed by atoms with Gasteiger partial charge in [0.2, 0.25) is 0 Å². The van der Waals surface area contributed by atoms with Crippen molar-refractivity contribution in [3.8, 4) is 5.75 Å². The molecule has 2 nitrogen and oxygen atoms in total. The van der Waals surface area contributed by atoms with Crippen molar-refractivity contribution in [2.24, 2.45) is 0 Å². The molecule has 1 aromatic rings. The first-order chi connectivity index (χ1) is 8.35. The minimum atomic E-state index is -0.537. The number of unbranched alkanes of at least 4 members (excludes halogenated alkanes) is 1. The number of benzene rings is 1. The first kappa shape index (κ1) is 15.0. The fourth-order valence-corrected chi connectivity index (χ4v) is 2.22. The number of ether oxygens (including phenoxy) is 1. The standard InChI is InChI=1S/C16H26O2/c1-12-13(2)15(18-5)10-9-14(12)8-6-7-11-16(3,4)17/h9-10,17H,6-8,11H2,1-5H3. The number of hydrogen-bond donors (Lipinski definition) is 1. The third-order valence-electron chi connectivity index (χ3n) is 3.55. The molecule has 18 heavy (non-hydrogen) atoms. The van der Waals surface area contributed by atoms with Crippen molar-refractivity contribution in [2.45, 2.75) is 59.0 Å². The van der Waals surface area contributed by atoms with Gasteiger partial charge in [-0.25, -0.2) is 0 Å². The predicted octanol–water partition coefficient (Wildman–Crippen LogP) is 3.80. The molecule has 0 saturated heterocycles. The third-order valence-corrected chi connectivity index (χ3v) is 3.55. The summed E-state index contributed by atoms with van der Waals surface area (Å²) >= 11 is 0. The van der Waals surface area contributed by atoms with Crippen LogP contribution in [-0.4, -0.2) is 17.8 Å². The van der Waals surface area contributed by atoms with Crippen LogP contribution in [0.5, 0.6) is 5.75 Å². The maximum absolute atomic E-state index is 9.67. The summed E-state index contributed by atoms with van der Waals surface area (Å²) in [6.07, 6.45) is 4.12. The fourth-order valence-electron chi connectivity index (χ4n) is 2.22. The summed E-state index contributed by atoms with van der Waals surface area (Å²) in [7, 11) is 1.71. The van der Waals surface area contributed by atoms with Crippen LogP contribution < -0.4 is 4.74 Å². The maximum atomic E-state index is 9.67. The Kier molecular flexibility index (Phi) is 5.21. The van der Waals surface area contributed by atoms with E-state index in [-0.39, 0.29) is 0 Å². The molecule has 0 fully saturated rings. The van der Waals surface area contributed by atoms with Crippen LogP contribution in [0, 0.1) is 13.8 Å². The van der Waals surface area contributed by atoms with E-state index in [0.29, 0.717) is 0 Å². The molecule has 1 rings (SSSR count). The van der Waals surface area contributed by atoms with Crippen molar-refractivity contribution in [2.75, 3.05) is 7.11 Å². The van der Waals surface area contributed by atoms with Gasteiger partial charge in [-0.3, -0.25) is 0 Å². The number of methoxy groups -OCH3 is 1. The smallest absolute Gasteiger partial charge is 0.122 e. The Morgan fingerprint density at radius 3 is 2.33 bits per heavy atom. The summed E-state index contributed by atoms with van der Waals surface area (Å²) < 4.78 is 5.32. The summed E-state index contributed by atoms with van der Waals surface area (Å²) in [4.78, 5) is 0. The Bertz CT molecular complexity index is 389. The molecule has 2 heteroatoms. The quantitative estimate of drug-likeness (QED) is 0.778. The van der Waals surface area contributed by atoms with Crippen LogP contribution in [0.4, 0.5) is 0 Å². The van der Waals surface area contributed by atoms with Crippen LogP contribution in [0.3, 0.4) is 0 Å². The third kappa shape index (κ3) is 4.34. The van der Waals surface area contributed by atoms with Gasteiger partial charge in [-0.1, -0.05) is 12.5 Å². The lowest BCUT2D eigenvalue weighted by Gasteiger charge is -2.17. The zero-order chi connectivity index (χ0) is 13.8. The van der Waals surface area contributed by atoms with E-state index in [2.05, 4.69) is 19.9 Å². The molecule has 0 aliphatic carbocycles. The van der Waals surface area contributed by atoms with Crippen LogP contribution in [-0.2, 0) is 6.42 Å². The first-order valence-electron chi connectivity index (χ1n) is 6.70. The molecule has 0 aliphatic heterocycles. The zero-order valence-electron chi connectivity index (χ0n) is 12.3. The number of hydrogen-bond acceptors (Lipinski definition) is 2. The van der Waals surface area contributed by atoms with Crippen molar-refractivity contribution in [1.82, 2.24) is 0 Å². The van der Waals surface area contributed by atoms with Gasteiger partial charge in [0.25, 0.3) is 0 Å². The van der Waals surface area contributed by atoms with Gasteiger partial charge in [0.15, 0.2) is 0 Å². The van der Waals surface area contributed by atoms with Crippen molar-refractivity contribution in [3.05, 3.63) is 28.8 Å². The highest BCUT2D eigenvalue weighted by Gasteiger charge is 2.12. The Morgan fingerprint density at radius 2 is 1.78 bits per heavy atom. The molecule has 0 unspecified atom stereocenters. The molecular formula is C16H26O2. The van der Waals surface area contributed by atoms with Crippen LogP contribution in [0.1, 0.15) is 49.8 Å². The van der Waals surface area contributed by atoms with E-state index in [1.807, 2.05) is 19.9 Å². The molecule has 0 radical (unpaired) electrons. The van der Waals surface area contributed by atoms with Gasteiger partial charge < -0.3 is 9.84 Å².